The Labute approximate surface area is 119 Å². The molecular formula is C16H20N2O2. The highest BCUT2D eigenvalue weighted by atomic mass is 16.1. The zero-order valence-electron chi connectivity index (χ0n) is 12.0. The maximum absolute atomic E-state index is 11.4. The lowest BCUT2D eigenvalue weighted by Gasteiger charge is -2.09. The summed E-state index contributed by atoms with van der Waals surface area (Å²) in [4.78, 5) is 22.8. The fraction of sp³-hybridized carbons (Fsp3) is 0.375. The lowest BCUT2D eigenvalue weighted by atomic mass is 10.2. The molecule has 106 valence electrons. The molecule has 0 saturated heterocycles. The third-order valence-electron chi connectivity index (χ3n) is 3.43. The minimum absolute atomic E-state index is 0.0966. The van der Waals surface area contributed by atoms with E-state index in [1.807, 2.05) is 45.8 Å². The SMILES string of the molecule is CC(=O)c1cccn1CCCCn1cccc1C(C)=O. The van der Waals surface area contributed by atoms with Crippen LogP contribution in [0.1, 0.15) is 47.7 Å². The van der Waals surface area contributed by atoms with Gasteiger partial charge < -0.3 is 9.13 Å². The van der Waals surface area contributed by atoms with E-state index in [2.05, 4.69) is 0 Å². The molecule has 0 fully saturated rings. The molecule has 20 heavy (non-hydrogen) atoms. The van der Waals surface area contributed by atoms with Crippen molar-refractivity contribution < 1.29 is 9.59 Å². The van der Waals surface area contributed by atoms with Crippen molar-refractivity contribution in [1.29, 1.82) is 0 Å². The van der Waals surface area contributed by atoms with Crippen molar-refractivity contribution in [3.63, 3.8) is 0 Å². The Balaban J connectivity index is 1.85. The van der Waals surface area contributed by atoms with Gasteiger partial charge in [-0.3, -0.25) is 9.59 Å². The second-order valence-corrected chi connectivity index (χ2v) is 4.99. The Kier molecular flexibility index (Phi) is 4.56. The number of aromatic nitrogens is 2. The molecular weight excluding hydrogens is 252 g/mol. The normalized spacial score (nSPS) is 10.7. The molecule has 0 bridgehead atoms. The van der Waals surface area contributed by atoms with Gasteiger partial charge >= 0.3 is 0 Å². The van der Waals surface area contributed by atoms with Crippen molar-refractivity contribution in [2.75, 3.05) is 0 Å². The van der Waals surface area contributed by atoms with E-state index in [0.29, 0.717) is 0 Å². The molecule has 0 aliphatic carbocycles. The predicted molar refractivity (Wildman–Crippen MR) is 78.1 cm³/mol. The quantitative estimate of drug-likeness (QED) is 0.574. The Hall–Kier alpha value is -2.10. The van der Waals surface area contributed by atoms with Gasteiger partial charge in [0.1, 0.15) is 0 Å². The van der Waals surface area contributed by atoms with Crippen LogP contribution in [0.25, 0.3) is 0 Å². The molecule has 0 atom stereocenters. The summed E-state index contributed by atoms with van der Waals surface area (Å²) in [7, 11) is 0. The number of carbonyl (C=O) groups is 2. The van der Waals surface area contributed by atoms with Gasteiger partial charge in [-0.1, -0.05) is 0 Å². The molecule has 0 aliphatic heterocycles. The standard InChI is InChI=1S/C16H20N2O2/c1-13(19)15-7-5-11-17(15)9-3-4-10-18-12-6-8-16(18)14(2)20/h5-8,11-12H,3-4,9-10H2,1-2H3. The highest BCUT2D eigenvalue weighted by molar-refractivity contribution is 5.92. The van der Waals surface area contributed by atoms with Crippen LogP contribution in [-0.4, -0.2) is 20.7 Å². The molecule has 0 aliphatic rings. The topological polar surface area (TPSA) is 44.0 Å². The van der Waals surface area contributed by atoms with E-state index in [0.717, 1.165) is 37.3 Å². The summed E-state index contributed by atoms with van der Waals surface area (Å²) in [6, 6.07) is 7.50. The number of Topliss-reactive ketones (excluding diaryl/α,β-unsaturated/α-hetero) is 2. The molecule has 2 rings (SSSR count). The first kappa shape index (κ1) is 14.3. The van der Waals surface area contributed by atoms with Gasteiger partial charge in [-0.25, -0.2) is 0 Å². The highest BCUT2D eigenvalue weighted by Crippen LogP contribution is 2.08. The molecule has 2 aromatic heterocycles. The van der Waals surface area contributed by atoms with Crippen molar-refractivity contribution in [3.8, 4) is 0 Å². The molecule has 0 amide bonds. The number of unbranched alkanes of at least 4 members (excludes halogenated alkanes) is 1. The highest BCUT2D eigenvalue weighted by Gasteiger charge is 2.06. The van der Waals surface area contributed by atoms with Crippen LogP contribution in [0, 0.1) is 0 Å². The summed E-state index contributed by atoms with van der Waals surface area (Å²) >= 11 is 0. The van der Waals surface area contributed by atoms with E-state index in [1.165, 1.54) is 0 Å². The van der Waals surface area contributed by atoms with Crippen molar-refractivity contribution in [1.82, 2.24) is 9.13 Å². The summed E-state index contributed by atoms with van der Waals surface area (Å²) in [5.41, 5.74) is 1.52. The van der Waals surface area contributed by atoms with E-state index in [9.17, 15) is 9.59 Å². The van der Waals surface area contributed by atoms with Gasteiger partial charge in [0.05, 0.1) is 11.4 Å². The number of rotatable bonds is 7. The van der Waals surface area contributed by atoms with Gasteiger partial charge in [0, 0.05) is 39.3 Å². The molecule has 0 spiro atoms. The fourth-order valence-electron chi connectivity index (χ4n) is 2.42. The van der Waals surface area contributed by atoms with Gasteiger partial charge in [0.2, 0.25) is 0 Å². The van der Waals surface area contributed by atoms with Gasteiger partial charge in [-0.2, -0.15) is 0 Å². The third kappa shape index (κ3) is 3.26. The van der Waals surface area contributed by atoms with Crippen LogP contribution >= 0.6 is 0 Å². The first-order valence-corrected chi connectivity index (χ1v) is 6.91. The average molecular weight is 272 g/mol. The van der Waals surface area contributed by atoms with Gasteiger partial charge in [0.15, 0.2) is 11.6 Å². The van der Waals surface area contributed by atoms with Crippen LogP contribution in [0.2, 0.25) is 0 Å². The maximum Gasteiger partial charge on any atom is 0.176 e. The van der Waals surface area contributed by atoms with Gasteiger partial charge in [-0.15, -0.1) is 0 Å². The third-order valence-corrected chi connectivity index (χ3v) is 3.43. The summed E-state index contributed by atoms with van der Waals surface area (Å²) in [6.07, 6.45) is 5.83. The first-order chi connectivity index (χ1) is 9.59. The molecule has 2 aromatic rings. The minimum atomic E-state index is 0.0966. The number of hydrogen-bond donors (Lipinski definition) is 0. The van der Waals surface area contributed by atoms with Crippen molar-refractivity contribution in [2.45, 2.75) is 39.8 Å². The maximum atomic E-state index is 11.4. The zero-order chi connectivity index (χ0) is 14.5. The number of hydrogen-bond acceptors (Lipinski definition) is 2. The van der Waals surface area contributed by atoms with Crippen LogP contribution in [0.15, 0.2) is 36.7 Å². The van der Waals surface area contributed by atoms with Gasteiger partial charge in [-0.05, 0) is 37.1 Å². The smallest absolute Gasteiger partial charge is 0.176 e. The lowest BCUT2D eigenvalue weighted by molar-refractivity contribution is 0.0995. The van der Waals surface area contributed by atoms with E-state index < -0.39 is 0 Å². The van der Waals surface area contributed by atoms with Crippen molar-refractivity contribution in [3.05, 3.63) is 48.0 Å². The molecule has 0 aromatic carbocycles. The minimum Gasteiger partial charge on any atom is -0.345 e. The number of carbonyl (C=O) groups excluding carboxylic acids is 2. The first-order valence-electron chi connectivity index (χ1n) is 6.91. The summed E-state index contributed by atoms with van der Waals surface area (Å²) in [5, 5.41) is 0. The molecule has 4 heteroatoms. The van der Waals surface area contributed by atoms with E-state index in [-0.39, 0.29) is 11.6 Å². The van der Waals surface area contributed by atoms with Crippen molar-refractivity contribution in [2.24, 2.45) is 0 Å². The Morgan fingerprint density at radius 1 is 0.850 bits per heavy atom. The van der Waals surface area contributed by atoms with Crippen LogP contribution in [-0.2, 0) is 13.1 Å². The fourth-order valence-corrected chi connectivity index (χ4v) is 2.42. The molecule has 0 saturated carbocycles. The van der Waals surface area contributed by atoms with Crippen molar-refractivity contribution >= 4 is 11.6 Å². The van der Waals surface area contributed by atoms with Crippen LogP contribution < -0.4 is 0 Å². The predicted octanol–water partition coefficient (Wildman–Crippen LogP) is 3.18. The molecule has 0 unspecified atom stereocenters. The largest absolute Gasteiger partial charge is 0.345 e. The number of nitrogens with zero attached hydrogens (tertiary/aromatic N) is 2. The Morgan fingerprint density at radius 2 is 1.25 bits per heavy atom. The average Bonchev–Trinajstić information content (AvgIpc) is 3.03. The number of ketones is 2. The molecule has 0 radical (unpaired) electrons. The molecule has 4 nitrogen and oxygen atoms in total. The van der Waals surface area contributed by atoms with Crippen LogP contribution in [0.4, 0.5) is 0 Å². The summed E-state index contributed by atoms with van der Waals surface area (Å²) in [6.45, 7) is 4.84. The Bertz CT molecular complexity index is 553. The van der Waals surface area contributed by atoms with Crippen LogP contribution in [0.3, 0.4) is 0 Å². The summed E-state index contributed by atoms with van der Waals surface area (Å²) < 4.78 is 3.98. The molecule has 2 heterocycles. The van der Waals surface area contributed by atoms with E-state index in [1.54, 1.807) is 13.8 Å². The number of aryl methyl sites for hydroxylation is 2. The molecule has 0 N–H and O–H groups in total. The second kappa shape index (κ2) is 6.37. The van der Waals surface area contributed by atoms with E-state index >= 15 is 0 Å². The summed E-state index contributed by atoms with van der Waals surface area (Å²) in [5.74, 6) is 0.193. The lowest BCUT2D eigenvalue weighted by Crippen LogP contribution is -2.08. The van der Waals surface area contributed by atoms with Gasteiger partial charge in [0.25, 0.3) is 0 Å². The zero-order valence-corrected chi connectivity index (χ0v) is 12.0. The Morgan fingerprint density at radius 3 is 1.60 bits per heavy atom. The monoisotopic (exact) mass is 272 g/mol. The second-order valence-electron chi connectivity index (χ2n) is 4.99. The van der Waals surface area contributed by atoms with E-state index in [4.69, 9.17) is 0 Å². The van der Waals surface area contributed by atoms with Crippen LogP contribution in [0.5, 0.6) is 0 Å².